The number of nitrogens with one attached hydrogen (secondary N) is 2. The van der Waals surface area contributed by atoms with E-state index in [0.29, 0.717) is 57.6 Å². The number of aromatic nitrogens is 1. The summed E-state index contributed by atoms with van der Waals surface area (Å²) in [4.78, 5) is 48.5. The van der Waals surface area contributed by atoms with E-state index in [1.807, 2.05) is 62.4 Å². The molecule has 4 aromatic rings. The van der Waals surface area contributed by atoms with Crippen molar-refractivity contribution in [1.82, 2.24) is 15.2 Å². The number of piperidine rings is 1. The van der Waals surface area contributed by atoms with Gasteiger partial charge in [-0.15, -0.1) is 11.3 Å². The van der Waals surface area contributed by atoms with E-state index in [4.69, 9.17) is 9.47 Å². The summed E-state index contributed by atoms with van der Waals surface area (Å²) in [6.45, 7) is 5.27. The molecule has 6 rings (SSSR count). The normalized spacial score (nSPS) is 16.3. The molecule has 10 nitrogen and oxygen atoms in total. The molecule has 11 heteroatoms. The van der Waals surface area contributed by atoms with E-state index in [9.17, 15) is 14.4 Å². The average molecular weight is 598 g/mol. The number of urea groups is 1. The number of hydrogen-bond acceptors (Lipinski definition) is 7. The molecule has 0 saturated carbocycles. The van der Waals surface area contributed by atoms with Crippen molar-refractivity contribution in [3.05, 3.63) is 83.6 Å². The van der Waals surface area contributed by atoms with Gasteiger partial charge in [-0.2, -0.15) is 0 Å². The van der Waals surface area contributed by atoms with Crippen LogP contribution in [0.5, 0.6) is 11.5 Å². The Kier molecular flexibility index (Phi) is 7.97. The first-order chi connectivity index (χ1) is 20.9. The third-order valence-electron chi connectivity index (χ3n) is 7.38. The van der Waals surface area contributed by atoms with Gasteiger partial charge in [0.15, 0.2) is 0 Å². The highest BCUT2D eigenvalue weighted by molar-refractivity contribution is 7.21. The van der Waals surface area contributed by atoms with Crippen molar-refractivity contribution in [2.24, 2.45) is 0 Å². The maximum absolute atomic E-state index is 13.6. The summed E-state index contributed by atoms with van der Waals surface area (Å²) < 4.78 is 11.1. The van der Waals surface area contributed by atoms with Crippen molar-refractivity contribution < 1.29 is 23.9 Å². The molecule has 220 valence electrons. The summed E-state index contributed by atoms with van der Waals surface area (Å²) in [5.74, 6) is 0.926. The number of rotatable bonds is 8. The molecular formula is C32H31N5O5S. The predicted molar refractivity (Wildman–Crippen MR) is 166 cm³/mol. The predicted octanol–water partition coefficient (Wildman–Crippen LogP) is 6.35. The number of benzene rings is 2. The summed E-state index contributed by atoms with van der Waals surface area (Å²) in [7, 11) is 0. The molecule has 2 aliphatic heterocycles. The monoisotopic (exact) mass is 597 g/mol. The number of pyridine rings is 1. The van der Waals surface area contributed by atoms with Gasteiger partial charge < -0.3 is 25.0 Å². The third-order valence-corrected chi connectivity index (χ3v) is 8.48. The van der Waals surface area contributed by atoms with Crippen LogP contribution in [0.1, 0.15) is 35.0 Å². The maximum atomic E-state index is 13.6. The molecule has 1 unspecified atom stereocenters. The van der Waals surface area contributed by atoms with Gasteiger partial charge in [-0.25, -0.2) is 9.78 Å². The molecule has 0 aliphatic carbocycles. The molecule has 0 spiro atoms. The number of aryl methyl sites for hydroxylation is 1. The fourth-order valence-electron chi connectivity index (χ4n) is 5.40. The standard InChI is InChI=1S/C32H31N5O5S/c1-3-41-17-14-26(38)36-16-7-8-21(19-36)34-30(39)29-28-27-25(13-15-33-31(27)43-29)37(32(40)35-28)24-12-11-23(18-20(24)2)42-22-9-5-4-6-10-22/h4-6,9-15,17-18,21H,3,7-8,16,19H2,1-2H3,(H,34,39)(H,35,40). The highest BCUT2D eigenvalue weighted by Gasteiger charge is 2.34. The zero-order chi connectivity index (χ0) is 29.9. The van der Waals surface area contributed by atoms with Gasteiger partial charge in [0.2, 0.25) is 5.91 Å². The second-order valence-electron chi connectivity index (χ2n) is 10.3. The first-order valence-corrected chi connectivity index (χ1v) is 15.0. The van der Waals surface area contributed by atoms with Crippen LogP contribution in [0.2, 0.25) is 0 Å². The highest BCUT2D eigenvalue weighted by atomic mass is 32.1. The van der Waals surface area contributed by atoms with Crippen molar-refractivity contribution in [2.75, 3.05) is 29.9 Å². The average Bonchev–Trinajstić information content (AvgIpc) is 3.38. The number of carbonyl (C=O) groups excluding carboxylic acids is 3. The molecule has 0 radical (unpaired) electrons. The lowest BCUT2D eigenvalue weighted by atomic mass is 10.1. The van der Waals surface area contributed by atoms with E-state index in [0.717, 1.165) is 24.2 Å². The van der Waals surface area contributed by atoms with Crippen LogP contribution in [0, 0.1) is 6.92 Å². The van der Waals surface area contributed by atoms with Gasteiger partial charge in [-0.05, 0) is 68.7 Å². The van der Waals surface area contributed by atoms with Gasteiger partial charge in [0.25, 0.3) is 5.91 Å². The largest absolute Gasteiger partial charge is 0.501 e. The smallest absolute Gasteiger partial charge is 0.331 e. The molecule has 1 fully saturated rings. The first-order valence-electron chi connectivity index (χ1n) is 14.2. The van der Waals surface area contributed by atoms with Gasteiger partial charge in [0.05, 0.1) is 35.3 Å². The van der Waals surface area contributed by atoms with Gasteiger partial charge >= 0.3 is 6.03 Å². The number of ether oxygens (including phenoxy) is 2. The van der Waals surface area contributed by atoms with Crippen LogP contribution in [-0.2, 0) is 9.53 Å². The molecule has 2 aromatic heterocycles. The quantitative estimate of drug-likeness (QED) is 0.181. The third kappa shape index (κ3) is 5.76. The Balaban J connectivity index is 1.24. The Bertz CT molecular complexity index is 1720. The van der Waals surface area contributed by atoms with E-state index in [2.05, 4.69) is 15.6 Å². The van der Waals surface area contributed by atoms with Crippen molar-refractivity contribution in [3.8, 4) is 11.5 Å². The Hall–Kier alpha value is -4.90. The number of likely N-dealkylation sites (tertiary alicyclic amines) is 1. The van der Waals surface area contributed by atoms with Crippen LogP contribution in [0.3, 0.4) is 0 Å². The van der Waals surface area contributed by atoms with Crippen LogP contribution in [0.4, 0.5) is 21.9 Å². The molecule has 4 heterocycles. The molecule has 1 atom stereocenters. The number of hydrogen-bond donors (Lipinski definition) is 2. The van der Waals surface area contributed by atoms with Gasteiger partial charge in [0, 0.05) is 31.4 Å². The van der Waals surface area contributed by atoms with Crippen LogP contribution < -0.4 is 20.3 Å². The van der Waals surface area contributed by atoms with Crippen molar-refractivity contribution in [2.45, 2.75) is 32.7 Å². The Labute approximate surface area is 252 Å². The topological polar surface area (TPSA) is 113 Å². The number of anilines is 3. The van der Waals surface area contributed by atoms with Gasteiger partial charge in [-0.1, -0.05) is 18.2 Å². The van der Waals surface area contributed by atoms with Gasteiger partial charge in [-0.3, -0.25) is 14.5 Å². The SMILES string of the molecule is CCOC=CC(=O)N1CCCC(NC(=O)c2sc3nccc4c3c2NC(=O)N4c2ccc(Oc3ccccc3)cc2C)C1. The minimum absolute atomic E-state index is 0.152. The number of amides is 4. The minimum atomic E-state index is -0.372. The second kappa shape index (κ2) is 12.1. The molecule has 0 bridgehead atoms. The molecule has 43 heavy (non-hydrogen) atoms. The zero-order valence-corrected chi connectivity index (χ0v) is 24.6. The van der Waals surface area contributed by atoms with Crippen molar-refractivity contribution in [1.29, 1.82) is 0 Å². The Morgan fingerprint density at radius 3 is 2.77 bits per heavy atom. The van der Waals surface area contributed by atoms with E-state index < -0.39 is 0 Å². The number of carbonyl (C=O) groups is 3. The number of thiophene rings is 1. The molecule has 4 amide bonds. The van der Waals surface area contributed by atoms with Crippen LogP contribution >= 0.6 is 11.3 Å². The maximum Gasteiger partial charge on any atom is 0.331 e. The van der Waals surface area contributed by atoms with E-state index in [1.54, 1.807) is 22.1 Å². The molecule has 2 N–H and O–H groups in total. The molecule has 1 saturated heterocycles. The second-order valence-corrected chi connectivity index (χ2v) is 11.3. The van der Waals surface area contributed by atoms with E-state index >= 15 is 0 Å². The molecular weight excluding hydrogens is 566 g/mol. The Morgan fingerprint density at radius 1 is 1.14 bits per heavy atom. The summed E-state index contributed by atoms with van der Waals surface area (Å²) in [5.41, 5.74) is 2.64. The lowest BCUT2D eigenvalue weighted by Crippen LogP contribution is -2.49. The summed E-state index contributed by atoms with van der Waals surface area (Å²) in [5, 5.41) is 6.74. The molecule has 2 aromatic carbocycles. The fourth-order valence-corrected chi connectivity index (χ4v) is 6.43. The summed E-state index contributed by atoms with van der Waals surface area (Å²) in [6, 6.07) is 16.3. The molecule has 2 aliphatic rings. The summed E-state index contributed by atoms with van der Waals surface area (Å²) in [6.07, 6.45) is 5.97. The Morgan fingerprint density at radius 2 is 1.98 bits per heavy atom. The lowest BCUT2D eigenvalue weighted by molar-refractivity contribution is -0.127. The number of nitrogens with zero attached hydrogens (tertiary/aromatic N) is 3. The first kappa shape index (κ1) is 28.2. The van der Waals surface area contributed by atoms with Crippen molar-refractivity contribution in [3.63, 3.8) is 0 Å². The van der Waals surface area contributed by atoms with Crippen LogP contribution in [0.15, 0.2) is 73.1 Å². The highest BCUT2D eigenvalue weighted by Crippen LogP contribution is 2.46. The lowest BCUT2D eigenvalue weighted by Gasteiger charge is -2.32. The van der Waals surface area contributed by atoms with Crippen molar-refractivity contribution >= 4 is 56.5 Å². The fraction of sp³-hybridized carbons (Fsp3) is 0.250. The zero-order valence-electron chi connectivity index (χ0n) is 23.8. The van der Waals surface area contributed by atoms with Crippen LogP contribution in [0.25, 0.3) is 10.2 Å². The summed E-state index contributed by atoms with van der Waals surface area (Å²) >= 11 is 1.23. The van der Waals surface area contributed by atoms with E-state index in [-0.39, 0.29) is 23.9 Å². The van der Waals surface area contributed by atoms with Crippen LogP contribution in [-0.4, -0.2) is 53.5 Å². The van der Waals surface area contributed by atoms with E-state index in [1.165, 1.54) is 23.7 Å². The number of para-hydroxylation sites is 1. The van der Waals surface area contributed by atoms with Gasteiger partial charge in [0.1, 0.15) is 21.2 Å². The minimum Gasteiger partial charge on any atom is -0.501 e.